The molecule has 27 heavy (non-hydrogen) atoms. The Bertz CT molecular complexity index is 656. The largest absolute Gasteiger partial charge is 0.480 e. The molecule has 8 heteroatoms. The summed E-state index contributed by atoms with van der Waals surface area (Å²) in [7, 11) is 0. The van der Waals surface area contributed by atoms with Crippen molar-refractivity contribution in [2.45, 2.75) is 43.8 Å². The van der Waals surface area contributed by atoms with Crippen molar-refractivity contribution in [3.63, 3.8) is 0 Å². The van der Waals surface area contributed by atoms with E-state index in [0.717, 1.165) is 5.56 Å². The minimum absolute atomic E-state index is 0.339. The van der Waals surface area contributed by atoms with Crippen LogP contribution < -0.4 is 11.1 Å². The third kappa shape index (κ3) is 5.97. The fourth-order valence-corrected chi connectivity index (χ4v) is 3.69. The van der Waals surface area contributed by atoms with Crippen LogP contribution >= 0.6 is 11.8 Å². The molecule has 1 aliphatic rings. The van der Waals surface area contributed by atoms with Crippen molar-refractivity contribution in [2.24, 2.45) is 5.73 Å². The zero-order valence-electron chi connectivity index (χ0n) is 15.5. The van der Waals surface area contributed by atoms with Gasteiger partial charge in [0.2, 0.25) is 11.8 Å². The molecule has 0 saturated carbocycles. The molecule has 0 spiro atoms. The number of carboxylic acids is 1. The second-order valence-corrected chi connectivity index (χ2v) is 7.65. The molecule has 148 valence electrons. The fraction of sp³-hybridized carbons (Fsp3) is 0.526. The van der Waals surface area contributed by atoms with Crippen LogP contribution in [0.1, 0.15) is 24.8 Å². The van der Waals surface area contributed by atoms with E-state index in [2.05, 4.69) is 5.32 Å². The maximum absolute atomic E-state index is 12.9. The summed E-state index contributed by atoms with van der Waals surface area (Å²) < 4.78 is 0. The zero-order valence-corrected chi connectivity index (χ0v) is 16.3. The van der Waals surface area contributed by atoms with E-state index in [9.17, 15) is 19.5 Å². The van der Waals surface area contributed by atoms with Crippen molar-refractivity contribution in [1.82, 2.24) is 10.2 Å². The Kier molecular flexibility index (Phi) is 8.12. The van der Waals surface area contributed by atoms with E-state index < -0.39 is 30.0 Å². The first-order valence-corrected chi connectivity index (χ1v) is 10.5. The van der Waals surface area contributed by atoms with Gasteiger partial charge in [-0.15, -0.1) is 0 Å². The molecule has 4 N–H and O–H groups in total. The summed E-state index contributed by atoms with van der Waals surface area (Å²) in [5.41, 5.74) is 6.96. The number of hydrogen-bond acceptors (Lipinski definition) is 5. The Morgan fingerprint density at radius 2 is 2.04 bits per heavy atom. The lowest BCUT2D eigenvalue weighted by Crippen LogP contribution is -2.55. The Balaban J connectivity index is 2.03. The van der Waals surface area contributed by atoms with E-state index in [1.165, 1.54) is 4.90 Å². The maximum Gasteiger partial charge on any atom is 0.326 e. The number of likely N-dealkylation sites (tertiary alicyclic amines) is 1. The van der Waals surface area contributed by atoms with Crippen LogP contribution in [-0.2, 0) is 20.8 Å². The fourth-order valence-electron chi connectivity index (χ4n) is 3.22. The second-order valence-electron chi connectivity index (χ2n) is 6.67. The molecule has 2 amide bonds. The molecule has 2 rings (SSSR count). The van der Waals surface area contributed by atoms with Gasteiger partial charge in [0.15, 0.2) is 0 Å². The molecule has 0 aromatic heterocycles. The predicted molar refractivity (Wildman–Crippen MR) is 105 cm³/mol. The van der Waals surface area contributed by atoms with Crippen LogP contribution in [-0.4, -0.2) is 64.5 Å². The van der Waals surface area contributed by atoms with E-state index >= 15 is 0 Å². The number of nitrogens with one attached hydrogen (secondary N) is 1. The number of nitrogens with two attached hydrogens (primary N) is 1. The van der Waals surface area contributed by atoms with Gasteiger partial charge in [-0.1, -0.05) is 30.3 Å². The molecule has 1 aromatic rings. The van der Waals surface area contributed by atoms with Gasteiger partial charge < -0.3 is 21.1 Å². The molecule has 1 saturated heterocycles. The van der Waals surface area contributed by atoms with E-state index in [-0.39, 0.29) is 5.91 Å². The smallest absolute Gasteiger partial charge is 0.326 e. The van der Waals surface area contributed by atoms with E-state index in [1.54, 1.807) is 11.8 Å². The van der Waals surface area contributed by atoms with Gasteiger partial charge in [0.25, 0.3) is 0 Å². The van der Waals surface area contributed by atoms with Gasteiger partial charge >= 0.3 is 5.97 Å². The van der Waals surface area contributed by atoms with Gasteiger partial charge in [-0.2, -0.15) is 11.8 Å². The minimum Gasteiger partial charge on any atom is -0.480 e. The first-order valence-electron chi connectivity index (χ1n) is 9.06. The molecule has 0 unspecified atom stereocenters. The van der Waals surface area contributed by atoms with Gasteiger partial charge in [0.05, 0.1) is 6.04 Å². The maximum atomic E-state index is 12.9. The highest BCUT2D eigenvalue weighted by molar-refractivity contribution is 7.98. The topological polar surface area (TPSA) is 113 Å². The van der Waals surface area contributed by atoms with Crippen LogP contribution in [0.2, 0.25) is 0 Å². The molecule has 3 atom stereocenters. The number of thioether (sulfide) groups is 1. The highest BCUT2D eigenvalue weighted by Gasteiger charge is 2.37. The summed E-state index contributed by atoms with van der Waals surface area (Å²) in [6, 6.07) is 7.09. The molecule has 1 aromatic carbocycles. The molecule has 1 heterocycles. The lowest BCUT2D eigenvalue weighted by atomic mass is 10.1. The summed E-state index contributed by atoms with van der Waals surface area (Å²) in [5.74, 6) is -1.06. The Labute approximate surface area is 163 Å². The van der Waals surface area contributed by atoms with Crippen molar-refractivity contribution in [3.8, 4) is 0 Å². The summed E-state index contributed by atoms with van der Waals surface area (Å²) in [4.78, 5) is 38.2. The molecular weight excluding hydrogens is 366 g/mol. The summed E-state index contributed by atoms with van der Waals surface area (Å²) in [6.45, 7) is 0.400. The average Bonchev–Trinajstić information content (AvgIpc) is 3.15. The van der Waals surface area contributed by atoms with Crippen molar-refractivity contribution >= 4 is 29.5 Å². The lowest BCUT2D eigenvalue weighted by molar-refractivity contribution is -0.149. The van der Waals surface area contributed by atoms with Crippen molar-refractivity contribution in [2.75, 3.05) is 18.6 Å². The Hall–Kier alpha value is -2.06. The van der Waals surface area contributed by atoms with Gasteiger partial charge in [-0.25, -0.2) is 4.79 Å². The third-order valence-electron chi connectivity index (χ3n) is 4.68. The second kappa shape index (κ2) is 10.3. The van der Waals surface area contributed by atoms with E-state index in [0.29, 0.717) is 38.0 Å². The van der Waals surface area contributed by atoms with Crippen molar-refractivity contribution in [1.29, 1.82) is 0 Å². The molecule has 7 nitrogen and oxygen atoms in total. The van der Waals surface area contributed by atoms with Crippen molar-refractivity contribution in [3.05, 3.63) is 35.9 Å². The van der Waals surface area contributed by atoms with Crippen LogP contribution in [0, 0.1) is 0 Å². The van der Waals surface area contributed by atoms with Gasteiger partial charge in [0.1, 0.15) is 12.1 Å². The lowest BCUT2D eigenvalue weighted by Gasteiger charge is -2.28. The number of carbonyl (C=O) groups is 3. The molecule has 0 radical (unpaired) electrons. The van der Waals surface area contributed by atoms with Crippen LogP contribution in [0.5, 0.6) is 0 Å². The van der Waals surface area contributed by atoms with E-state index in [1.807, 2.05) is 36.6 Å². The molecule has 0 bridgehead atoms. The van der Waals surface area contributed by atoms with E-state index in [4.69, 9.17) is 5.73 Å². The van der Waals surface area contributed by atoms with Gasteiger partial charge in [0, 0.05) is 6.54 Å². The first-order chi connectivity index (χ1) is 12.9. The quantitative estimate of drug-likeness (QED) is 0.574. The SMILES string of the molecule is CSCC[C@H](NC(=O)[C@@H](N)Cc1ccccc1)C(=O)N1CCC[C@H]1C(=O)O. The van der Waals surface area contributed by atoms with Gasteiger partial charge in [-0.05, 0) is 43.3 Å². The third-order valence-corrected chi connectivity index (χ3v) is 5.33. The highest BCUT2D eigenvalue weighted by atomic mass is 32.2. The number of benzene rings is 1. The molecule has 1 aliphatic heterocycles. The Morgan fingerprint density at radius 1 is 1.33 bits per heavy atom. The van der Waals surface area contributed by atoms with Crippen LogP contribution in [0.25, 0.3) is 0 Å². The summed E-state index contributed by atoms with van der Waals surface area (Å²) >= 11 is 1.57. The molecule has 0 aliphatic carbocycles. The predicted octanol–water partition coefficient (Wildman–Crippen LogP) is 0.870. The molecule has 1 fully saturated rings. The average molecular weight is 394 g/mol. The summed E-state index contributed by atoms with van der Waals surface area (Å²) in [5, 5.41) is 12.1. The summed E-state index contributed by atoms with van der Waals surface area (Å²) in [6.07, 6.45) is 3.82. The number of carboxylic acid groups (broad SMARTS) is 1. The van der Waals surface area contributed by atoms with Crippen LogP contribution in [0.15, 0.2) is 30.3 Å². The number of nitrogens with zero attached hydrogens (tertiary/aromatic N) is 1. The standard InChI is InChI=1S/C19H27N3O4S/c1-27-11-9-15(18(24)22-10-5-8-16(22)19(25)26)21-17(23)14(20)12-13-6-3-2-4-7-13/h2-4,6-7,14-16H,5,8-12,20H2,1H3,(H,21,23)(H,25,26)/t14-,15-,16-/m0/s1. The number of amides is 2. The number of aliphatic carboxylic acids is 1. The molecular formula is C19H27N3O4S. The number of carbonyl (C=O) groups excluding carboxylic acids is 2. The van der Waals surface area contributed by atoms with Crippen LogP contribution in [0.4, 0.5) is 0 Å². The van der Waals surface area contributed by atoms with Crippen LogP contribution in [0.3, 0.4) is 0 Å². The number of rotatable bonds is 9. The Morgan fingerprint density at radius 3 is 2.67 bits per heavy atom. The first kappa shape index (κ1) is 21.2. The zero-order chi connectivity index (χ0) is 19.8. The van der Waals surface area contributed by atoms with Gasteiger partial charge in [-0.3, -0.25) is 9.59 Å². The number of hydrogen-bond donors (Lipinski definition) is 3. The highest BCUT2D eigenvalue weighted by Crippen LogP contribution is 2.19. The minimum atomic E-state index is -1.00. The normalized spacial score (nSPS) is 18.7. The van der Waals surface area contributed by atoms with Crippen molar-refractivity contribution < 1.29 is 19.5 Å². The monoisotopic (exact) mass is 393 g/mol.